The second-order valence-electron chi connectivity index (χ2n) is 4.46. The number of nitrogens with zero attached hydrogens (tertiary/aromatic N) is 2. The summed E-state index contributed by atoms with van der Waals surface area (Å²) >= 11 is 0. The minimum absolute atomic E-state index is 0.157. The first-order chi connectivity index (χ1) is 9.60. The van der Waals surface area contributed by atoms with Crippen molar-refractivity contribution in [3.8, 4) is 5.75 Å². The van der Waals surface area contributed by atoms with Crippen LogP contribution in [0.4, 0.5) is 0 Å². The van der Waals surface area contributed by atoms with E-state index in [9.17, 15) is 9.59 Å². The fraction of sp³-hybridized carbons (Fsp3) is 0.600. The van der Waals surface area contributed by atoms with Crippen LogP contribution < -0.4 is 10.2 Å². The maximum absolute atomic E-state index is 12.4. The first kappa shape index (κ1) is 16.3. The number of rotatable bonds is 3. The van der Waals surface area contributed by atoms with E-state index in [0.29, 0.717) is 12.2 Å². The number of pyridine rings is 1. The maximum Gasteiger partial charge on any atom is 0.274 e. The first-order valence-electron chi connectivity index (χ1n) is 7.16. The first-order valence-corrected chi connectivity index (χ1v) is 7.16. The second-order valence-corrected chi connectivity index (χ2v) is 4.46. The van der Waals surface area contributed by atoms with E-state index in [2.05, 4.69) is 0 Å². The highest BCUT2D eigenvalue weighted by atomic mass is 16.5. The van der Waals surface area contributed by atoms with E-state index in [4.69, 9.17) is 4.74 Å². The lowest BCUT2D eigenvalue weighted by atomic mass is 10.2. The number of hydrogen-bond donors (Lipinski definition) is 0. The molecule has 1 aromatic heterocycles. The summed E-state index contributed by atoms with van der Waals surface area (Å²) in [5.41, 5.74) is 1.11. The van der Waals surface area contributed by atoms with Crippen LogP contribution in [-0.2, 0) is 13.0 Å². The van der Waals surface area contributed by atoms with E-state index in [1.807, 2.05) is 25.3 Å². The third-order valence-corrected chi connectivity index (χ3v) is 3.40. The van der Waals surface area contributed by atoms with Crippen LogP contribution in [0.25, 0.3) is 0 Å². The van der Waals surface area contributed by atoms with Gasteiger partial charge in [0.25, 0.3) is 5.91 Å². The number of hydrogen-bond acceptors (Lipinski definition) is 3. The molecule has 1 amide bonds. The quantitative estimate of drug-likeness (QED) is 0.850. The van der Waals surface area contributed by atoms with Gasteiger partial charge in [0, 0.05) is 31.9 Å². The molecule has 0 N–H and O–H groups in total. The molecule has 0 saturated heterocycles. The summed E-state index contributed by atoms with van der Waals surface area (Å²) in [6, 6.07) is 1.58. The molecule has 2 heterocycles. The summed E-state index contributed by atoms with van der Waals surface area (Å²) in [6.45, 7) is 7.27. The molecule has 20 heavy (non-hydrogen) atoms. The van der Waals surface area contributed by atoms with Gasteiger partial charge in [-0.25, -0.2) is 0 Å². The average molecular weight is 280 g/mol. The van der Waals surface area contributed by atoms with E-state index < -0.39 is 0 Å². The predicted molar refractivity (Wildman–Crippen MR) is 79.6 cm³/mol. The molecule has 0 aliphatic carbocycles. The number of carbonyl (C=O) groups excluding carboxylic acids is 1. The monoisotopic (exact) mass is 280 g/mol. The van der Waals surface area contributed by atoms with E-state index in [1.165, 1.54) is 7.11 Å². The van der Waals surface area contributed by atoms with Crippen molar-refractivity contribution >= 4 is 5.91 Å². The Kier molecular flexibility index (Phi) is 5.80. The predicted octanol–water partition coefficient (Wildman–Crippen LogP) is 1.92. The van der Waals surface area contributed by atoms with Crippen LogP contribution in [0.1, 0.15) is 43.4 Å². The van der Waals surface area contributed by atoms with Gasteiger partial charge in [0.2, 0.25) is 5.43 Å². The van der Waals surface area contributed by atoms with Gasteiger partial charge in [-0.05, 0) is 19.8 Å². The van der Waals surface area contributed by atoms with Gasteiger partial charge in [0.15, 0.2) is 11.4 Å². The molecule has 1 aliphatic rings. The number of carbonyl (C=O) groups is 1. The smallest absolute Gasteiger partial charge is 0.274 e. The van der Waals surface area contributed by atoms with E-state index in [0.717, 1.165) is 25.1 Å². The van der Waals surface area contributed by atoms with Crippen LogP contribution in [0.3, 0.4) is 0 Å². The van der Waals surface area contributed by atoms with Crippen LogP contribution in [0.5, 0.6) is 5.75 Å². The Balaban J connectivity index is 0.000000956. The zero-order valence-electron chi connectivity index (χ0n) is 13.0. The van der Waals surface area contributed by atoms with Gasteiger partial charge in [-0.3, -0.25) is 9.59 Å². The molecule has 0 saturated carbocycles. The van der Waals surface area contributed by atoms with E-state index in [1.54, 1.807) is 18.0 Å². The Morgan fingerprint density at radius 3 is 2.65 bits per heavy atom. The summed E-state index contributed by atoms with van der Waals surface area (Å²) in [6.07, 6.45) is 1.80. The van der Waals surface area contributed by atoms with Crippen LogP contribution >= 0.6 is 0 Å². The van der Waals surface area contributed by atoms with Crippen molar-refractivity contribution in [1.82, 2.24) is 9.47 Å². The Morgan fingerprint density at radius 1 is 1.45 bits per heavy atom. The topological polar surface area (TPSA) is 51.5 Å². The summed E-state index contributed by atoms with van der Waals surface area (Å²) in [4.78, 5) is 25.9. The number of fused-ring (bicyclic) bond motifs is 1. The summed E-state index contributed by atoms with van der Waals surface area (Å²) in [5.74, 6) is 0.00106. The van der Waals surface area contributed by atoms with Crippen molar-refractivity contribution in [2.45, 2.75) is 40.2 Å². The summed E-state index contributed by atoms with van der Waals surface area (Å²) < 4.78 is 7.05. The van der Waals surface area contributed by atoms with Crippen molar-refractivity contribution in [3.63, 3.8) is 0 Å². The Labute approximate surface area is 120 Å². The van der Waals surface area contributed by atoms with Crippen LogP contribution in [0, 0.1) is 0 Å². The van der Waals surface area contributed by atoms with Gasteiger partial charge < -0.3 is 14.2 Å². The van der Waals surface area contributed by atoms with Crippen molar-refractivity contribution in [2.24, 2.45) is 0 Å². The summed E-state index contributed by atoms with van der Waals surface area (Å²) in [5, 5.41) is 0. The largest absolute Gasteiger partial charge is 0.491 e. The highest BCUT2D eigenvalue weighted by Gasteiger charge is 2.26. The number of methoxy groups -OCH3 is 1. The molecule has 0 aromatic carbocycles. The number of ether oxygens (including phenoxy) is 1. The van der Waals surface area contributed by atoms with Gasteiger partial charge in [0.05, 0.1) is 7.11 Å². The molecular formula is C15H24N2O3. The highest BCUT2D eigenvalue weighted by molar-refractivity contribution is 5.95. The van der Waals surface area contributed by atoms with Gasteiger partial charge in [-0.1, -0.05) is 13.8 Å². The molecule has 0 spiro atoms. The lowest BCUT2D eigenvalue weighted by Gasteiger charge is -2.20. The average Bonchev–Trinajstić information content (AvgIpc) is 2.93. The van der Waals surface area contributed by atoms with E-state index in [-0.39, 0.29) is 17.1 Å². The van der Waals surface area contributed by atoms with Crippen molar-refractivity contribution in [3.05, 3.63) is 27.7 Å². The summed E-state index contributed by atoms with van der Waals surface area (Å²) in [7, 11) is 3.16. The van der Waals surface area contributed by atoms with E-state index >= 15 is 0 Å². The fourth-order valence-corrected chi connectivity index (χ4v) is 2.29. The van der Waals surface area contributed by atoms with Crippen LogP contribution in [0.15, 0.2) is 10.9 Å². The number of aromatic nitrogens is 1. The normalized spacial score (nSPS) is 12.2. The van der Waals surface area contributed by atoms with Crippen LogP contribution in [-0.4, -0.2) is 36.1 Å². The van der Waals surface area contributed by atoms with Gasteiger partial charge in [0.1, 0.15) is 0 Å². The third-order valence-electron chi connectivity index (χ3n) is 3.40. The van der Waals surface area contributed by atoms with Crippen molar-refractivity contribution in [2.75, 3.05) is 20.7 Å². The molecule has 0 bridgehead atoms. The highest BCUT2D eigenvalue weighted by Crippen LogP contribution is 2.23. The SMILES string of the molecule is CC.CCN(C)C(=O)c1c(OC)c(=O)cc2n1CCC2. The molecule has 2 rings (SSSR count). The minimum atomic E-state index is -0.210. The third kappa shape index (κ3) is 2.86. The molecule has 0 atom stereocenters. The zero-order valence-corrected chi connectivity index (χ0v) is 13.0. The molecule has 112 valence electrons. The molecule has 1 aliphatic heterocycles. The Morgan fingerprint density at radius 2 is 2.10 bits per heavy atom. The molecule has 1 aromatic rings. The van der Waals surface area contributed by atoms with Crippen LogP contribution in [0.2, 0.25) is 0 Å². The second kappa shape index (κ2) is 7.12. The zero-order chi connectivity index (χ0) is 15.3. The van der Waals surface area contributed by atoms with Crippen molar-refractivity contribution < 1.29 is 9.53 Å². The standard InChI is InChI=1S/C13H18N2O3.C2H6/c1-4-14(2)13(17)11-12(18-3)10(16)8-9-6-5-7-15(9)11;1-2/h8H,4-7H2,1-3H3;1-2H3. The Hall–Kier alpha value is -1.78. The van der Waals surface area contributed by atoms with Crippen molar-refractivity contribution in [1.29, 1.82) is 0 Å². The Bertz CT molecular complexity index is 535. The maximum atomic E-state index is 12.4. The fourth-order valence-electron chi connectivity index (χ4n) is 2.29. The molecule has 0 radical (unpaired) electrons. The lowest BCUT2D eigenvalue weighted by Crippen LogP contribution is -2.31. The van der Waals surface area contributed by atoms with Gasteiger partial charge >= 0.3 is 0 Å². The lowest BCUT2D eigenvalue weighted by molar-refractivity contribution is 0.0786. The number of aryl methyl sites for hydroxylation is 1. The van der Waals surface area contributed by atoms with Gasteiger partial charge in [-0.2, -0.15) is 0 Å². The van der Waals surface area contributed by atoms with Gasteiger partial charge in [-0.15, -0.1) is 0 Å². The molecule has 0 unspecified atom stereocenters. The minimum Gasteiger partial charge on any atom is -0.491 e. The molecule has 5 heteroatoms. The molecule has 5 nitrogen and oxygen atoms in total. The number of amides is 1. The molecular weight excluding hydrogens is 256 g/mol. The molecule has 0 fully saturated rings.